The SMILES string of the molecule is O=c1c2ccccc2[nH]c(=S)n1Cc1ccc(F)cc1Cl. The second-order valence-corrected chi connectivity index (χ2v) is 5.40. The van der Waals surface area contributed by atoms with Crippen LogP contribution < -0.4 is 5.56 Å². The highest BCUT2D eigenvalue weighted by Crippen LogP contribution is 2.18. The number of nitrogens with one attached hydrogen (secondary N) is 1. The molecule has 0 radical (unpaired) electrons. The minimum Gasteiger partial charge on any atom is -0.332 e. The van der Waals surface area contributed by atoms with Gasteiger partial charge in [-0.1, -0.05) is 29.8 Å². The van der Waals surface area contributed by atoms with Gasteiger partial charge in [0.1, 0.15) is 5.82 Å². The van der Waals surface area contributed by atoms with Crippen LogP contribution in [0.25, 0.3) is 10.9 Å². The van der Waals surface area contributed by atoms with Crippen molar-refractivity contribution in [2.75, 3.05) is 0 Å². The summed E-state index contributed by atoms with van der Waals surface area (Å²) in [5, 5.41) is 0.814. The number of hydrogen-bond acceptors (Lipinski definition) is 2. The molecule has 3 nitrogen and oxygen atoms in total. The number of benzene rings is 2. The third kappa shape index (κ3) is 2.62. The Bertz CT molecular complexity index is 948. The van der Waals surface area contributed by atoms with Crippen molar-refractivity contribution in [2.45, 2.75) is 6.54 Å². The van der Waals surface area contributed by atoms with Crippen molar-refractivity contribution in [3.8, 4) is 0 Å². The molecule has 1 N–H and O–H groups in total. The number of H-pyrrole nitrogens is 1. The number of para-hydroxylation sites is 1. The third-order valence-corrected chi connectivity index (χ3v) is 3.91. The van der Waals surface area contributed by atoms with Gasteiger partial charge in [0.25, 0.3) is 5.56 Å². The number of aromatic nitrogens is 2. The first-order chi connectivity index (χ1) is 10.1. The maximum Gasteiger partial charge on any atom is 0.262 e. The molecule has 0 saturated heterocycles. The molecule has 3 aromatic rings. The van der Waals surface area contributed by atoms with Gasteiger partial charge < -0.3 is 4.98 Å². The zero-order valence-corrected chi connectivity index (χ0v) is 12.3. The van der Waals surface area contributed by atoms with Crippen LogP contribution in [0.15, 0.2) is 47.3 Å². The predicted octanol–water partition coefficient (Wildman–Crippen LogP) is 3.90. The van der Waals surface area contributed by atoms with Gasteiger partial charge in [-0.05, 0) is 42.0 Å². The first-order valence-electron chi connectivity index (χ1n) is 6.22. The van der Waals surface area contributed by atoms with Crippen LogP contribution in [0.4, 0.5) is 4.39 Å². The highest BCUT2D eigenvalue weighted by Gasteiger charge is 2.08. The molecule has 0 aliphatic rings. The van der Waals surface area contributed by atoms with Gasteiger partial charge >= 0.3 is 0 Å². The van der Waals surface area contributed by atoms with E-state index in [0.29, 0.717) is 21.2 Å². The lowest BCUT2D eigenvalue weighted by atomic mass is 10.2. The highest BCUT2D eigenvalue weighted by atomic mass is 35.5. The van der Waals surface area contributed by atoms with Gasteiger partial charge in [-0.25, -0.2) is 4.39 Å². The quantitative estimate of drug-likeness (QED) is 0.727. The first-order valence-corrected chi connectivity index (χ1v) is 7.00. The first kappa shape index (κ1) is 14.0. The van der Waals surface area contributed by atoms with Crippen LogP contribution in [0.5, 0.6) is 0 Å². The lowest BCUT2D eigenvalue weighted by molar-refractivity contribution is 0.626. The molecule has 21 heavy (non-hydrogen) atoms. The second kappa shape index (κ2) is 5.42. The molecule has 0 spiro atoms. The lowest BCUT2D eigenvalue weighted by Gasteiger charge is -2.09. The Balaban J connectivity index is 2.17. The zero-order chi connectivity index (χ0) is 15.0. The molecule has 0 bridgehead atoms. The fourth-order valence-corrected chi connectivity index (χ4v) is 2.65. The van der Waals surface area contributed by atoms with Crippen LogP contribution in [0.1, 0.15) is 5.56 Å². The molecule has 0 saturated carbocycles. The standard InChI is InChI=1S/C15H10ClFN2OS/c16-12-7-10(17)6-5-9(12)8-19-14(20)11-3-1-2-4-13(11)18-15(19)21/h1-7H,8H2,(H,18,21). The maximum absolute atomic E-state index is 13.1. The van der Waals surface area contributed by atoms with Gasteiger partial charge in [-0.15, -0.1) is 0 Å². The molecule has 0 aliphatic carbocycles. The van der Waals surface area contributed by atoms with Crippen molar-refractivity contribution in [2.24, 2.45) is 0 Å². The van der Waals surface area contributed by atoms with Crippen LogP contribution in [0.2, 0.25) is 5.02 Å². The van der Waals surface area contributed by atoms with Crippen molar-refractivity contribution >= 4 is 34.7 Å². The molecule has 106 valence electrons. The number of rotatable bonds is 2. The van der Waals surface area contributed by atoms with E-state index in [9.17, 15) is 9.18 Å². The Morgan fingerprint density at radius 2 is 2.00 bits per heavy atom. The van der Waals surface area contributed by atoms with E-state index in [2.05, 4.69) is 4.98 Å². The Hall–Kier alpha value is -1.98. The van der Waals surface area contributed by atoms with E-state index in [1.807, 2.05) is 6.07 Å². The van der Waals surface area contributed by atoms with Crippen molar-refractivity contribution in [1.29, 1.82) is 0 Å². The maximum atomic E-state index is 13.1. The van der Waals surface area contributed by atoms with Crippen molar-refractivity contribution in [1.82, 2.24) is 9.55 Å². The molecule has 0 unspecified atom stereocenters. The Labute approximate surface area is 129 Å². The summed E-state index contributed by atoms with van der Waals surface area (Å²) in [5.74, 6) is -0.417. The third-order valence-electron chi connectivity index (χ3n) is 3.23. The van der Waals surface area contributed by atoms with Gasteiger partial charge in [0, 0.05) is 5.02 Å². The summed E-state index contributed by atoms with van der Waals surface area (Å²) in [5.41, 5.74) is 1.12. The Morgan fingerprint density at radius 3 is 2.76 bits per heavy atom. The fourth-order valence-electron chi connectivity index (χ4n) is 2.16. The van der Waals surface area contributed by atoms with E-state index in [4.69, 9.17) is 23.8 Å². The van der Waals surface area contributed by atoms with Gasteiger partial charge in [0.2, 0.25) is 0 Å². The second-order valence-electron chi connectivity index (χ2n) is 4.60. The number of fused-ring (bicyclic) bond motifs is 1. The fraction of sp³-hybridized carbons (Fsp3) is 0.0667. The summed E-state index contributed by atoms with van der Waals surface area (Å²) in [6.45, 7) is 0.193. The van der Waals surface area contributed by atoms with E-state index in [1.165, 1.54) is 16.7 Å². The molecule has 0 fully saturated rings. The largest absolute Gasteiger partial charge is 0.332 e. The summed E-state index contributed by atoms with van der Waals surface area (Å²) in [4.78, 5) is 15.5. The molecule has 1 aromatic heterocycles. The minimum absolute atomic E-state index is 0.193. The normalized spacial score (nSPS) is 11.0. The van der Waals surface area contributed by atoms with E-state index >= 15 is 0 Å². The number of nitrogens with zero attached hydrogens (tertiary/aromatic N) is 1. The molecule has 0 aliphatic heterocycles. The average Bonchev–Trinajstić information content (AvgIpc) is 2.45. The molecular weight excluding hydrogens is 311 g/mol. The van der Waals surface area contributed by atoms with E-state index in [1.54, 1.807) is 24.3 Å². The number of aromatic amines is 1. The van der Waals surface area contributed by atoms with Gasteiger partial charge in [-0.3, -0.25) is 9.36 Å². The van der Waals surface area contributed by atoms with Gasteiger partial charge in [0.15, 0.2) is 4.77 Å². The summed E-state index contributed by atoms with van der Waals surface area (Å²) >= 11 is 11.2. The summed E-state index contributed by atoms with van der Waals surface area (Å²) in [6, 6.07) is 11.2. The topological polar surface area (TPSA) is 37.8 Å². The molecule has 2 aromatic carbocycles. The van der Waals surface area contributed by atoms with Crippen LogP contribution in [0, 0.1) is 10.6 Å². The molecule has 1 heterocycles. The zero-order valence-electron chi connectivity index (χ0n) is 10.8. The summed E-state index contributed by atoms with van der Waals surface area (Å²) in [7, 11) is 0. The van der Waals surface area contributed by atoms with E-state index in [0.717, 1.165) is 0 Å². The molecule has 6 heteroatoms. The summed E-state index contributed by atoms with van der Waals surface area (Å²) < 4.78 is 14.8. The lowest BCUT2D eigenvalue weighted by Crippen LogP contribution is -2.22. The molecule has 0 amide bonds. The minimum atomic E-state index is -0.417. The molecule has 0 atom stereocenters. The van der Waals surface area contributed by atoms with Crippen LogP contribution in [-0.2, 0) is 6.54 Å². The average molecular weight is 321 g/mol. The molecule has 3 rings (SSSR count). The van der Waals surface area contributed by atoms with Gasteiger partial charge in [-0.2, -0.15) is 0 Å². The number of hydrogen-bond donors (Lipinski definition) is 1. The van der Waals surface area contributed by atoms with E-state index in [-0.39, 0.29) is 17.1 Å². The van der Waals surface area contributed by atoms with Crippen molar-refractivity contribution < 1.29 is 4.39 Å². The smallest absolute Gasteiger partial charge is 0.262 e. The van der Waals surface area contributed by atoms with Crippen LogP contribution >= 0.6 is 23.8 Å². The predicted molar refractivity (Wildman–Crippen MR) is 83.9 cm³/mol. The van der Waals surface area contributed by atoms with E-state index < -0.39 is 5.82 Å². The monoisotopic (exact) mass is 320 g/mol. The van der Waals surface area contributed by atoms with Crippen molar-refractivity contribution in [3.05, 3.63) is 74.0 Å². The molecular formula is C15H10ClFN2OS. The number of halogens is 2. The Morgan fingerprint density at radius 1 is 1.24 bits per heavy atom. The van der Waals surface area contributed by atoms with Crippen molar-refractivity contribution in [3.63, 3.8) is 0 Å². The summed E-state index contributed by atoms with van der Waals surface area (Å²) in [6.07, 6.45) is 0. The van der Waals surface area contributed by atoms with Crippen LogP contribution in [0.3, 0.4) is 0 Å². The van der Waals surface area contributed by atoms with Crippen LogP contribution in [-0.4, -0.2) is 9.55 Å². The Kier molecular flexibility index (Phi) is 3.61. The van der Waals surface area contributed by atoms with Gasteiger partial charge in [0.05, 0.1) is 17.4 Å². The highest BCUT2D eigenvalue weighted by molar-refractivity contribution is 7.71.